The molecule has 0 radical (unpaired) electrons. The molecule has 0 aliphatic rings. The van der Waals surface area contributed by atoms with Crippen LogP contribution in [0.2, 0.25) is 0 Å². The number of rotatable bonds is 2. The van der Waals surface area contributed by atoms with Crippen molar-refractivity contribution in [1.29, 1.82) is 0 Å². The minimum Gasteiger partial charge on any atom is -0.261 e. The summed E-state index contributed by atoms with van der Waals surface area (Å²) in [4.78, 5) is 4.20. The Kier molecular flexibility index (Phi) is 2.53. The van der Waals surface area contributed by atoms with Crippen molar-refractivity contribution < 1.29 is 0 Å². The summed E-state index contributed by atoms with van der Waals surface area (Å²) in [6.45, 7) is 0. The van der Waals surface area contributed by atoms with E-state index in [-0.39, 0.29) is 0 Å². The Morgan fingerprint density at radius 3 is 2.85 bits per heavy atom. The van der Waals surface area contributed by atoms with Crippen LogP contribution in [0.3, 0.4) is 0 Å². The van der Waals surface area contributed by atoms with Gasteiger partial charge in [-0.1, -0.05) is 11.3 Å². The molecule has 0 aliphatic carbocycles. The van der Waals surface area contributed by atoms with Crippen molar-refractivity contribution in [2.24, 2.45) is 0 Å². The molecule has 2 rings (SSSR count). The molecule has 0 bridgehead atoms. The second kappa shape index (κ2) is 3.82. The van der Waals surface area contributed by atoms with Crippen molar-refractivity contribution in [3.8, 4) is 0 Å². The summed E-state index contributed by atoms with van der Waals surface area (Å²) in [5, 5.41) is 7.81. The van der Waals surface area contributed by atoms with Gasteiger partial charge in [0, 0.05) is 18.3 Å². The Bertz CT molecular complexity index is 384. The monoisotopic (exact) mass is 286 g/mol. The van der Waals surface area contributed by atoms with Gasteiger partial charge in [0.2, 0.25) is 0 Å². The Hall–Kier alpha value is -0.980. The lowest BCUT2D eigenvalue weighted by Crippen LogP contribution is -1.90. The summed E-state index contributed by atoms with van der Waals surface area (Å²) in [6, 6.07) is 5.85. The quantitative estimate of drug-likeness (QED) is 0.785. The predicted octanol–water partition coefficient (Wildman–Crippen LogP) is 1.46. The highest BCUT2D eigenvalue weighted by atomic mass is 127. The Morgan fingerprint density at radius 1 is 1.31 bits per heavy atom. The van der Waals surface area contributed by atoms with Gasteiger partial charge in [-0.15, -0.1) is 5.10 Å². The van der Waals surface area contributed by atoms with Crippen molar-refractivity contribution in [2.75, 3.05) is 0 Å². The van der Waals surface area contributed by atoms with Crippen LogP contribution >= 0.6 is 22.9 Å². The maximum Gasteiger partial charge on any atom is 0.0895 e. The van der Waals surface area contributed by atoms with Gasteiger partial charge in [-0.05, 0) is 12.1 Å². The standard InChI is InChI=1S/C8H7IN4/c9-13-6-8(11-12-13)5-7-3-1-2-4-10-7/h1-4,6H,5H2. The molecule has 0 fully saturated rings. The molecule has 2 heterocycles. The fraction of sp³-hybridized carbons (Fsp3) is 0.125. The van der Waals surface area contributed by atoms with Gasteiger partial charge in [0.15, 0.2) is 0 Å². The second-order valence-corrected chi connectivity index (χ2v) is 3.58. The zero-order valence-electron chi connectivity index (χ0n) is 6.76. The molecule has 0 saturated carbocycles. The third-order valence-electron chi connectivity index (χ3n) is 1.60. The van der Waals surface area contributed by atoms with Crippen molar-refractivity contribution >= 4 is 22.9 Å². The summed E-state index contributed by atoms with van der Waals surface area (Å²) in [5.41, 5.74) is 1.95. The lowest BCUT2D eigenvalue weighted by atomic mass is 10.2. The molecule has 2 aromatic heterocycles. The van der Waals surface area contributed by atoms with E-state index < -0.39 is 0 Å². The van der Waals surface area contributed by atoms with E-state index in [0.717, 1.165) is 17.8 Å². The second-order valence-electron chi connectivity index (χ2n) is 2.60. The van der Waals surface area contributed by atoms with Crippen LogP contribution in [-0.4, -0.2) is 18.2 Å². The molecular weight excluding hydrogens is 279 g/mol. The van der Waals surface area contributed by atoms with E-state index in [1.165, 1.54) is 0 Å². The number of aromatic nitrogens is 4. The lowest BCUT2D eigenvalue weighted by Gasteiger charge is -1.93. The van der Waals surface area contributed by atoms with Gasteiger partial charge in [0.25, 0.3) is 0 Å². The van der Waals surface area contributed by atoms with E-state index in [0.29, 0.717) is 0 Å². The largest absolute Gasteiger partial charge is 0.261 e. The Morgan fingerprint density at radius 2 is 2.23 bits per heavy atom. The Labute approximate surface area is 89.5 Å². The van der Waals surface area contributed by atoms with Crippen molar-refractivity contribution in [3.63, 3.8) is 0 Å². The topological polar surface area (TPSA) is 43.6 Å². The fourth-order valence-corrected chi connectivity index (χ4v) is 1.46. The van der Waals surface area contributed by atoms with Crippen LogP contribution in [0.5, 0.6) is 0 Å². The number of halogens is 1. The van der Waals surface area contributed by atoms with Crippen molar-refractivity contribution in [3.05, 3.63) is 42.0 Å². The van der Waals surface area contributed by atoms with Gasteiger partial charge in [0.1, 0.15) is 0 Å². The molecule has 66 valence electrons. The SMILES string of the molecule is In1cc(Cc2ccccn2)nn1. The summed E-state index contributed by atoms with van der Waals surface area (Å²) in [5.74, 6) is 0. The predicted molar refractivity (Wildman–Crippen MR) is 56.5 cm³/mol. The lowest BCUT2D eigenvalue weighted by molar-refractivity contribution is 0.894. The highest BCUT2D eigenvalue weighted by Gasteiger charge is 2.00. The molecule has 2 aromatic rings. The molecule has 13 heavy (non-hydrogen) atoms. The van der Waals surface area contributed by atoms with Crippen LogP contribution in [0.4, 0.5) is 0 Å². The van der Waals surface area contributed by atoms with Crippen molar-refractivity contribution in [1.82, 2.24) is 18.2 Å². The van der Waals surface area contributed by atoms with Gasteiger partial charge in [-0.2, -0.15) is 2.90 Å². The molecule has 0 atom stereocenters. The van der Waals surface area contributed by atoms with Crippen LogP contribution in [0.25, 0.3) is 0 Å². The molecule has 0 aliphatic heterocycles. The van der Waals surface area contributed by atoms with Crippen LogP contribution in [-0.2, 0) is 6.42 Å². The number of hydrogen-bond acceptors (Lipinski definition) is 3. The van der Waals surface area contributed by atoms with E-state index in [1.807, 2.05) is 24.4 Å². The van der Waals surface area contributed by atoms with Crippen molar-refractivity contribution in [2.45, 2.75) is 6.42 Å². The molecule has 0 amide bonds. The van der Waals surface area contributed by atoms with Crippen LogP contribution < -0.4 is 0 Å². The van der Waals surface area contributed by atoms with E-state index in [4.69, 9.17) is 0 Å². The minimum atomic E-state index is 0.740. The number of hydrogen-bond donors (Lipinski definition) is 0. The molecule has 0 N–H and O–H groups in total. The van der Waals surface area contributed by atoms with E-state index >= 15 is 0 Å². The normalized spacial score (nSPS) is 10.2. The maximum atomic E-state index is 4.20. The average Bonchev–Trinajstić information content (AvgIpc) is 2.53. The summed E-state index contributed by atoms with van der Waals surface area (Å²) in [7, 11) is 0. The maximum absolute atomic E-state index is 4.20. The van der Waals surface area contributed by atoms with Gasteiger partial charge in [0.05, 0.1) is 34.8 Å². The minimum absolute atomic E-state index is 0.740. The van der Waals surface area contributed by atoms with E-state index in [2.05, 4.69) is 38.2 Å². The first-order valence-electron chi connectivity index (χ1n) is 3.82. The Balaban J connectivity index is 2.15. The summed E-state index contributed by atoms with van der Waals surface area (Å²) < 4.78 is 1.66. The average molecular weight is 286 g/mol. The first-order valence-corrected chi connectivity index (χ1v) is 4.78. The number of pyridine rings is 1. The van der Waals surface area contributed by atoms with Gasteiger partial charge in [-0.25, -0.2) is 0 Å². The molecule has 5 heteroatoms. The molecule has 4 nitrogen and oxygen atoms in total. The number of nitrogens with zero attached hydrogens (tertiary/aromatic N) is 4. The highest BCUT2D eigenvalue weighted by Crippen LogP contribution is 2.03. The van der Waals surface area contributed by atoms with Crippen LogP contribution in [0.15, 0.2) is 30.6 Å². The van der Waals surface area contributed by atoms with Crippen LogP contribution in [0.1, 0.15) is 11.4 Å². The summed E-state index contributed by atoms with van der Waals surface area (Å²) >= 11 is 2.07. The van der Waals surface area contributed by atoms with Gasteiger partial charge >= 0.3 is 0 Å². The van der Waals surface area contributed by atoms with Crippen LogP contribution in [0, 0.1) is 0 Å². The molecule has 0 unspecified atom stereocenters. The van der Waals surface area contributed by atoms with Gasteiger partial charge in [-0.3, -0.25) is 4.98 Å². The van der Waals surface area contributed by atoms with E-state index in [1.54, 1.807) is 9.09 Å². The fourth-order valence-electron chi connectivity index (χ4n) is 1.04. The zero-order valence-corrected chi connectivity index (χ0v) is 8.92. The summed E-state index contributed by atoms with van der Waals surface area (Å²) in [6.07, 6.45) is 4.41. The van der Waals surface area contributed by atoms with E-state index in [9.17, 15) is 0 Å². The highest BCUT2D eigenvalue weighted by molar-refractivity contribution is 14.1. The zero-order chi connectivity index (χ0) is 9.10. The first-order chi connectivity index (χ1) is 6.34. The molecule has 0 aromatic carbocycles. The smallest absolute Gasteiger partial charge is 0.0895 e. The molecule has 0 spiro atoms. The molecule has 0 saturated heterocycles. The molecular formula is C8H7IN4. The third-order valence-corrected chi connectivity index (χ3v) is 2.07. The first kappa shape index (κ1) is 8.61. The third kappa shape index (κ3) is 2.24. The van der Waals surface area contributed by atoms with Gasteiger partial charge < -0.3 is 0 Å².